The van der Waals surface area contributed by atoms with E-state index in [1.54, 1.807) is 4.90 Å². The summed E-state index contributed by atoms with van der Waals surface area (Å²) in [5, 5.41) is 2.43. The molecule has 1 aliphatic heterocycles. The van der Waals surface area contributed by atoms with E-state index in [4.69, 9.17) is 0 Å². The fraction of sp³-hybridized carbons (Fsp3) is 0.562. The molecule has 24 heavy (non-hydrogen) atoms. The van der Waals surface area contributed by atoms with E-state index in [1.165, 1.54) is 19.1 Å². The number of benzene rings is 1. The van der Waals surface area contributed by atoms with E-state index in [1.807, 2.05) is 13.8 Å². The summed E-state index contributed by atoms with van der Waals surface area (Å²) in [6, 6.07) is 4.90. The van der Waals surface area contributed by atoms with Gasteiger partial charge in [-0.2, -0.15) is 0 Å². The summed E-state index contributed by atoms with van der Waals surface area (Å²) in [5.74, 6) is -0.652. The van der Waals surface area contributed by atoms with Crippen LogP contribution in [0.25, 0.3) is 0 Å². The van der Waals surface area contributed by atoms with E-state index < -0.39 is 20.9 Å². The van der Waals surface area contributed by atoms with Gasteiger partial charge in [0.2, 0.25) is 5.91 Å². The van der Waals surface area contributed by atoms with Crippen molar-refractivity contribution in [2.24, 2.45) is 0 Å². The predicted octanol–water partition coefficient (Wildman–Crippen LogP) is 2.01. The molecule has 1 saturated heterocycles. The van der Waals surface area contributed by atoms with Crippen LogP contribution in [0.4, 0.5) is 4.39 Å². The molecule has 1 heterocycles. The molecule has 3 atom stereocenters. The Bertz CT molecular complexity index is 666. The summed E-state index contributed by atoms with van der Waals surface area (Å²) in [7, 11) is -3.65. The van der Waals surface area contributed by atoms with Crippen LogP contribution in [0.15, 0.2) is 29.2 Å². The van der Waals surface area contributed by atoms with Crippen LogP contribution < -0.4 is 5.32 Å². The van der Waals surface area contributed by atoms with Crippen molar-refractivity contribution < 1.29 is 17.6 Å². The van der Waals surface area contributed by atoms with E-state index in [0.717, 1.165) is 12.1 Å². The third-order valence-electron chi connectivity index (χ3n) is 4.49. The molecule has 0 aromatic heterocycles. The minimum absolute atomic E-state index is 0. The van der Waals surface area contributed by atoms with Crippen LogP contribution in [0.3, 0.4) is 0 Å². The number of rotatable bonds is 4. The highest BCUT2D eigenvalue weighted by Crippen LogP contribution is 2.20. The number of amides is 1. The second kappa shape index (κ2) is 8.27. The summed E-state index contributed by atoms with van der Waals surface area (Å²) in [4.78, 5) is 14.2. The summed E-state index contributed by atoms with van der Waals surface area (Å²) >= 11 is 0. The lowest BCUT2D eigenvalue weighted by Gasteiger charge is -2.39. The van der Waals surface area contributed by atoms with E-state index in [9.17, 15) is 17.6 Å². The number of carbonyl (C=O) groups excluding carboxylic acids is 1. The zero-order chi connectivity index (χ0) is 17.2. The third-order valence-corrected chi connectivity index (χ3v) is 6.64. The normalized spacial score (nSPS) is 22.6. The van der Waals surface area contributed by atoms with Crippen molar-refractivity contribution in [2.75, 3.05) is 13.1 Å². The van der Waals surface area contributed by atoms with Crippen molar-refractivity contribution >= 4 is 28.2 Å². The third kappa shape index (κ3) is 4.46. The first kappa shape index (κ1) is 20.9. The van der Waals surface area contributed by atoms with E-state index >= 15 is 0 Å². The molecule has 1 N–H and O–H groups in total. The highest BCUT2D eigenvalue weighted by atomic mass is 35.5. The molecule has 0 saturated carbocycles. The first-order chi connectivity index (χ1) is 10.7. The van der Waals surface area contributed by atoms with Crippen LogP contribution in [0.2, 0.25) is 0 Å². The van der Waals surface area contributed by atoms with E-state index in [-0.39, 0.29) is 41.7 Å². The molecule has 1 fully saturated rings. The monoisotopic (exact) mass is 378 g/mol. The van der Waals surface area contributed by atoms with Crippen LogP contribution >= 0.6 is 12.4 Å². The van der Waals surface area contributed by atoms with Crippen LogP contribution in [0.5, 0.6) is 0 Å². The summed E-state index contributed by atoms with van der Waals surface area (Å²) in [5.41, 5.74) is 0. The molecule has 1 aromatic carbocycles. The number of hydrogen-bond donors (Lipinski definition) is 1. The predicted molar refractivity (Wildman–Crippen MR) is 93.6 cm³/mol. The van der Waals surface area contributed by atoms with Gasteiger partial charge in [0.05, 0.1) is 10.1 Å². The molecule has 8 heteroatoms. The van der Waals surface area contributed by atoms with Crippen molar-refractivity contribution in [3.8, 4) is 0 Å². The lowest BCUT2D eigenvalue weighted by molar-refractivity contribution is -0.134. The van der Waals surface area contributed by atoms with Gasteiger partial charge in [-0.3, -0.25) is 4.79 Å². The van der Waals surface area contributed by atoms with Crippen LogP contribution in [-0.2, 0) is 14.6 Å². The van der Waals surface area contributed by atoms with Gasteiger partial charge in [0, 0.05) is 31.6 Å². The Morgan fingerprint density at radius 3 is 2.50 bits per heavy atom. The number of halogens is 2. The first-order valence-electron chi connectivity index (χ1n) is 7.76. The Morgan fingerprint density at radius 2 is 1.92 bits per heavy atom. The smallest absolute Gasteiger partial charge is 0.224 e. The number of piperazine rings is 1. The van der Waals surface area contributed by atoms with Gasteiger partial charge in [0.1, 0.15) is 5.82 Å². The molecular formula is C16H24ClFN2O3S. The van der Waals surface area contributed by atoms with Crippen molar-refractivity contribution in [2.45, 2.75) is 49.4 Å². The lowest BCUT2D eigenvalue weighted by Crippen LogP contribution is -2.57. The average molecular weight is 379 g/mol. The Balaban J connectivity index is 0.00000288. The topological polar surface area (TPSA) is 66.5 Å². The van der Waals surface area contributed by atoms with Gasteiger partial charge in [0.25, 0.3) is 0 Å². The molecule has 5 nitrogen and oxygen atoms in total. The summed E-state index contributed by atoms with van der Waals surface area (Å²) < 4.78 is 38.0. The number of carbonyl (C=O) groups is 1. The SMILES string of the molecule is CC1NCCN(C(=O)CC(C)S(=O)(=O)c2ccc(F)cc2)C1C.Cl. The van der Waals surface area contributed by atoms with Gasteiger partial charge in [-0.05, 0) is 45.0 Å². The minimum atomic E-state index is -3.65. The largest absolute Gasteiger partial charge is 0.337 e. The van der Waals surface area contributed by atoms with E-state index in [2.05, 4.69) is 5.32 Å². The van der Waals surface area contributed by atoms with Gasteiger partial charge in [-0.15, -0.1) is 12.4 Å². The molecule has 0 spiro atoms. The molecule has 0 aliphatic carbocycles. The van der Waals surface area contributed by atoms with Gasteiger partial charge < -0.3 is 10.2 Å². The second-order valence-corrected chi connectivity index (χ2v) is 8.45. The lowest BCUT2D eigenvalue weighted by atomic mass is 10.1. The molecule has 3 unspecified atom stereocenters. The summed E-state index contributed by atoms with van der Waals surface area (Å²) in [6.45, 7) is 6.76. The maximum absolute atomic E-state index is 12.9. The van der Waals surface area contributed by atoms with E-state index in [0.29, 0.717) is 13.1 Å². The average Bonchev–Trinajstić information content (AvgIpc) is 2.50. The number of nitrogens with one attached hydrogen (secondary N) is 1. The van der Waals surface area contributed by atoms with Crippen LogP contribution in [-0.4, -0.2) is 49.6 Å². The first-order valence-corrected chi connectivity index (χ1v) is 9.30. The number of sulfone groups is 1. The molecular weight excluding hydrogens is 355 g/mol. The molecule has 136 valence electrons. The molecule has 1 amide bonds. The quantitative estimate of drug-likeness (QED) is 0.814. The molecule has 0 bridgehead atoms. The Morgan fingerprint density at radius 1 is 1.33 bits per heavy atom. The van der Waals surface area contributed by atoms with Gasteiger partial charge in [0.15, 0.2) is 9.84 Å². The molecule has 0 radical (unpaired) electrons. The van der Waals surface area contributed by atoms with Gasteiger partial charge in [-0.1, -0.05) is 0 Å². The van der Waals surface area contributed by atoms with Gasteiger partial charge >= 0.3 is 0 Å². The standard InChI is InChI=1S/C16H23FN2O3S.ClH/c1-11(23(21,22)15-6-4-14(17)5-7-15)10-16(20)19-9-8-18-12(2)13(19)3;/h4-7,11-13,18H,8-10H2,1-3H3;1H. The van der Waals surface area contributed by atoms with Crippen molar-refractivity contribution in [3.63, 3.8) is 0 Å². The van der Waals surface area contributed by atoms with Crippen molar-refractivity contribution in [1.29, 1.82) is 0 Å². The van der Waals surface area contributed by atoms with Crippen molar-refractivity contribution in [1.82, 2.24) is 10.2 Å². The van der Waals surface area contributed by atoms with Gasteiger partial charge in [-0.25, -0.2) is 12.8 Å². The number of nitrogens with zero attached hydrogens (tertiary/aromatic N) is 1. The molecule has 2 rings (SSSR count). The van der Waals surface area contributed by atoms with Crippen molar-refractivity contribution in [3.05, 3.63) is 30.1 Å². The fourth-order valence-electron chi connectivity index (χ4n) is 2.74. The van der Waals surface area contributed by atoms with Crippen LogP contribution in [0, 0.1) is 5.82 Å². The minimum Gasteiger partial charge on any atom is -0.337 e. The Labute approximate surface area is 148 Å². The highest BCUT2D eigenvalue weighted by molar-refractivity contribution is 7.92. The highest BCUT2D eigenvalue weighted by Gasteiger charge is 2.32. The maximum atomic E-state index is 12.9. The zero-order valence-corrected chi connectivity index (χ0v) is 15.7. The molecule has 1 aliphatic rings. The maximum Gasteiger partial charge on any atom is 0.224 e. The zero-order valence-electron chi connectivity index (χ0n) is 14.0. The second-order valence-electron chi connectivity index (χ2n) is 6.08. The Kier molecular flexibility index (Phi) is 7.19. The van der Waals surface area contributed by atoms with Crippen LogP contribution in [0.1, 0.15) is 27.2 Å². The Hall–Kier alpha value is -1.18. The number of hydrogen-bond acceptors (Lipinski definition) is 4. The summed E-state index contributed by atoms with van der Waals surface area (Å²) in [6.07, 6.45) is -0.0726. The molecule has 1 aromatic rings. The fourth-order valence-corrected chi connectivity index (χ4v) is 4.08.